The minimum Gasteiger partial charge on any atom is -0.493 e. The van der Waals surface area contributed by atoms with E-state index in [4.69, 9.17) is 18.9 Å². The first-order chi connectivity index (χ1) is 21.4. The second kappa shape index (κ2) is 12.0. The maximum absolute atomic E-state index is 14.2. The van der Waals surface area contributed by atoms with Crippen LogP contribution in [0.5, 0.6) is 28.7 Å². The van der Waals surface area contributed by atoms with Gasteiger partial charge in [-0.2, -0.15) is 18.3 Å². The number of non-ortho nitro benzene ring substituents is 1. The van der Waals surface area contributed by atoms with Crippen molar-refractivity contribution >= 4 is 22.9 Å². The molecule has 45 heavy (non-hydrogen) atoms. The predicted molar refractivity (Wildman–Crippen MR) is 151 cm³/mol. The molecule has 0 aliphatic rings. The van der Waals surface area contributed by atoms with Gasteiger partial charge in [0.25, 0.3) is 11.6 Å². The number of nitrogens with one attached hydrogen (secondary N) is 1. The molecule has 0 fully saturated rings. The Hall–Kier alpha value is -5.93. The maximum Gasteiger partial charge on any atom is 0.433 e. The van der Waals surface area contributed by atoms with E-state index in [0.29, 0.717) is 4.52 Å². The van der Waals surface area contributed by atoms with Crippen molar-refractivity contribution in [2.45, 2.75) is 6.18 Å². The number of carbonyl (C=O) groups excluding carboxylic acids is 1. The Morgan fingerprint density at radius 2 is 1.60 bits per heavy atom. The number of nitro benzene ring substituents is 1. The average Bonchev–Trinajstić information content (AvgIpc) is 3.44. The van der Waals surface area contributed by atoms with Gasteiger partial charge in [0.2, 0.25) is 5.75 Å². The average molecular weight is 628 g/mol. The molecule has 1 amide bonds. The fourth-order valence-electron chi connectivity index (χ4n) is 4.36. The zero-order valence-electron chi connectivity index (χ0n) is 23.5. The van der Waals surface area contributed by atoms with Crippen molar-refractivity contribution in [3.63, 3.8) is 0 Å². The molecule has 0 radical (unpaired) electrons. The number of hydrogen-bond acceptors (Lipinski definition) is 9. The highest BCUT2D eigenvalue weighted by molar-refractivity contribution is 6.08. The summed E-state index contributed by atoms with van der Waals surface area (Å²) in [4.78, 5) is 28.5. The number of hydrogen-bond donors (Lipinski definition) is 1. The zero-order chi connectivity index (χ0) is 32.5. The molecule has 0 aliphatic carbocycles. The Balaban J connectivity index is 1.58. The fraction of sp³-hybridized carbons (Fsp3) is 0.138. The summed E-state index contributed by atoms with van der Waals surface area (Å²) in [5.41, 5.74) is -2.71. The van der Waals surface area contributed by atoms with Gasteiger partial charge in [-0.1, -0.05) is 0 Å². The fourth-order valence-corrected chi connectivity index (χ4v) is 4.36. The number of nitrogens with zero attached hydrogens (tertiary/aromatic N) is 4. The normalized spacial score (nSPS) is 11.3. The molecule has 5 rings (SSSR count). The smallest absolute Gasteiger partial charge is 0.433 e. The van der Waals surface area contributed by atoms with Crippen LogP contribution in [0.2, 0.25) is 0 Å². The van der Waals surface area contributed by atoms with E-state index in [1.165, 1.54) is 51.7 Å². The number of benzene rings is 3. The van der Waals surface area contributed by atoms with Gasteiger partial charge in [-0.3, -0.25) is 14.9 Å². The third kappa shape index (κ3) is 6.24. The topological polar surface area (TPSA) is 139 Å². The van der Waals surface area contributed by atoms with Crippen molar-refractivity contribution in [2.24, 2.45) is 0 Å². The number of nitro groups is 1. The SMILES string of the molecule is COc1cc(-c2cc(C(F)(F)F)n3ncc(C(=O)Nc4cc(Oc5ccc(F)cc5)cc([N+](=O)[O-])c4)c3n2)cc(OC)c1OC. The Morgan fingerprint density at radius 3 is 2.18 bits per heavy atom. The molecule has 232 valence electrons. The van der Waals surface area contributed by atoms with Crippen LogP contribution in [0.4, 0.5) is 28.9 Å². The van der Waals surface area contributed by atoms with Crippen LogP contribution in [-0.4, -0.2) is 46.8 Å². The number of amides is 1. The van der Waals surface area contributed by atoms with Crippen molar-refractivity contribution in [1.29, 1.82) is 0 Å². The molecule has 0 atom stereocenters. The molecule has 0 saturated carbocycles. The van der Waals surface area contributed by atoms with Crippen LogP contribution < -0.4 is 24.3 Å². The molecule has 3 aromatic carbocycles. The third-order valence-electron chi connectivity index (χ3n) is 6.38. The minimum absolute atomic E-state index is 0.0758. The highest BCUT2D eigenvalue weighted by Crippen LogP contribution is 2.42. The Kier molecular flexibility index (Phi) is 8.13. The van der Waals surface area contributed by atoms with Crippen LogP contribution in [0.25, 0.3) is 16.9 Å². The van der Waals surface area contributed by atoms with Gasteiger partial charge in [0.15, 0.2) is 22.8 Å². The number of methoxy groups -OCH3 is 3. The summed E-state index contributed by atoms with van der Waals surface area (Å²) in [6, 6.07) is 11.7. The minimum atomic E-state index is -4.91. The van der Waals surface area contributed by atoms with E-state index >= 15 is 0 Å². The van der Waals surface area contributed by atoms with E-state index in [0.717, 1.165) is 36.5 Å². The summed E-state index contributed by atoms with van der Waals surface area (Å²) in [5, 5.41) is 17.7. The molecular formula is C29H21F4N5O7. The van der Waals surface area contributed by atoms with E-state index in [-0.39, 0.29) is 51.3 Å². The predicted octanol–water partition coefficient (Wildman–Crippen LogP) is 6.53. The van der Waals surface area contributed by atoms with E-state index < -0.39 is 39.9 Å². The number of rotatable bonds is 9. The van der Waals surface area contributed by atoms with E-state index in [1.807, 2.05) is 0 Å². The monoisotopic (exact) mass is 627 g/mol. The van der Waals surface area contributed by atoms with Gasteiger partial charge in [0.05, 0.1) is 49.9 Å². The Labute approximate surface area is 250 Å². The molecular weight excluding hydrogens is 606 g/mol. The number of fused-ring (bicyclic) bond motifs is 1. The summed E-state index contributed by atoms with van der Waals surface area (Å²) in [6.07, 6.45) is -4.03. The van der Waals surface area contributed by atoms with Crippen molar-refractivity contribution in [3.8, 4) is 40.0 Å². The van der Waals surface area contributed by atoms with Crippen LogP contribution in [0.15, 0.2) is 66.9 Å². The number of carbonyl (C=O) groups is 1. The van der Waals surface area contributed by atoms with Crippen LogP contribution in [-0.2, 0) is 6.18 Å². The van der Waals surface area contributed by atoms with Crippen molar-refractivity contribution in [3.05, 3.63) is 94.0 Å². The summed E-state index contributed by atoms with van der Waals surface area (Å²) in [6.45, 7) is 0. The van der Waals surface area contributed by atoms with Gasteiger partial charge in [-0.15, -0.1) is 0 Å². The van der Waals surface area contributed by atoms with Crippen LogP contribution >= 0.6 is 0 Å². The maximum atomic E-state index is 14.2. The number of alkyl halides is 3. The number of halogens is 4. The Bertz CT molecular complexity index is 1900. The van der Waals surface area contributed by atoms with E-state index in [9.17, 15) is 32.5 Å². The number of aromatic nitrogens is 3. The number of ether oxygens (including phenoxy) is 4. The van der Waals surface area contributed by atoms with Crippen molar-refractivity contribution in [2.75, 3.05) is 26.6 Å². The molecule has 0 bridgehead atoms. The van der Waals surface area contributed by atoms with Crippen molar-refractivity contribution in [1.82, 2.24) is 14.6 Å². The molecule has 1 N–H and O–H groups in total. The molecule has 2 heterocycles. The molecule has 0 aliphatic heterocycles. The lowest BCUT2D eigenvalue weighted by molar-refractivity contribution is -0.384. The lowest BCUT2D eigenvalue weighted by atomic mass is 10.1. The van der Waals surface area contributed by atoms with Gasteiger partial charge < -0.3 is 24.3 Å². The standard InChI is InChI=1S/C29H21F4N5O7/c1-42-23-8-15(9-24(43-2)26(23)44-3)22-13-25(29(31,32)33)37-27(36-22)21(14-34-37)28(39)35-17-10-18(38(40)41)12-20(11-17)45-19-6-4-16(30)5-7-19/h4-14H,1-3H3,(H,35,39). The van der Waals surface area contributed by atoms with Crippen LogP contribution in [0, 0.1) is 15.9 Å². The highest BCUT2D eigenvalue weighted by atomic mass is 19.4. The lowest BCUT2D eigenvalue weighted by Gasteiger charge is -2.15. The Morgan fingerprint density at radius 1 is 0.933 bits per heavy atom. The van der Waals surface area contributed by atoms with Crippen LogP contribution in [0.1, 0.15) is 16.1 Å². The molecule has 2 aromatic heterocycles. The molecule has 12 nitrogen and oxygen atoms in total. The molecule has 5 aromatic rings. The summed E-state index contributed by atoms with van der Waals surface area (Å²) < 4.78 is 77.8. The first kappa shape index (κ1) is 30.5. The molecule has 0 saturated heterocycles. The number of anilines is 1. The van der Waals surface area contributed by atoms with Gasteiger partial charge in [0.1, 0.15) is 22.9 Å². The zero-order valence-corrected chi connectivity index (χ0v) is 23.5. The summed E-state index contributed by atoms with van der Waals surface area (Å²) >= 11 is 0. The van der Waals surface area contributed by atoms with Gasteiger partial charge in [-0.05, 0) is 42.5 Å². The van der Waals surface area contributed by atoms with E-state index in [1.54, 1.807) is 0 Å². The van der Waals surface area contributed by atoms with Gasteiger partial charge in [-0.25, -0.2) is 13.9 Å². The first-order valence-electron chi connectivity index (χ1n) is 12.7. The first-order valence-corrected chi connectivity index (χ1v) is 12.7. The van der Waals surface area contributed by atoms with Crippen LogP contribution in [0.3, 0.4) is 0 Å². The highest BCUT2D eigenvalue weighted by Gasteiger charge is 2.36. The molecule has 16 heteroatoms. The third-order valence-corrected chi connectivity index (χ3v) is 6.38. The van der Waals surface area contributed by atoms with E-state index in [2.05, 4.69) is 15.4 Å². The summed E-state index contributed by atoms with van der Waals surface area (Å²) in [7, 11) is 4.03. The quantitative estimate of drug-likeness (QED) is 0.110. The van der Waals surface area contributed by atoms with Gasteiger partial charge >= 0.3 is 6.18 Å². The van der Waals surface area contributed by atoms with Gasteiger partial charge in [0, 0.05) is 17.7 Å². The largest absolute Gasteiger partial charge is 0.493 e. The second-order valence-corrected chi connectivity index (χ2v) is 9.21. The summed E-state index contributed by atoms with van der Waals surface area (Å²) in [5.74, 6) is -0.923. The second-order valence-electron chi connectivity index (χ2n) is 9.21. The molecule has 0 spiro atoms. The molecule has 0 unspecified atom stereocenters. The lowest BCUT2D eigenvalue weighted by Crippen LogP contribution is -2.16. The van der Waals surface area contributed by atoms with Crippen molar-refractivity contribution < 1.29 is 46.2 Å².